The molecule has 3 amide bonds. The summed E-state index contributed by atoms with van der Waals surface area (Å²) in [5.74, 6) is 0.0241. The number of ether oxygens (including phenoxy) is 2. The standard InChI is InChI=1S/C26H21BrN2O5/c27-17-5-1-4-16(12-17)24(30)28-18-6-2-7-19(13-18)34-20-9-10-22-23(14-20)26(32)29(25(22)31)15-21-8-3-11-33-21/h1-2,4-7,9-10,12-14,21H,3,8,11,15H2,(H,28,30). The fraction of sp³-hybridized carbons (Fsp3) is 0.192. The van der Waals surface area contributed by atoms with Gasteiger partial charge in [-0.1, -0.05) is 28.1 Å². The van der Waals surface area contributed by atoms with Crippen molar-refractivity contribution in [2.45, 2.75) is 18.9 Å². The molecule has 0 aromatic heterocycles. The topological polar surface area (TPSA) is 84.9 Å². The molecule has 7 nitrogen and oxygen atoms in total. The Kier molecular flexibility index (Phi) is 6.17. The van der Waals surface area contributed by atoms with Gasteiger partial charge < -0.3 is 14.8 Å². The Bertz CT molecular complexity index is 1290. The van der Waals surface area contributed by atoms with Crippen molar-refractivity contribution in [3.63, 3.8) is 0 Å². The highest BCUT2D eigenvalue weighted by Crippen LogP contribution is 2.31. The molecule has 3 aromatic carbocycles. The lowest BCUT2D eigenvalue weighted by Crippen LogP contribution is -2.36. The number of amides is 3. The number of halogens is 1. The number of hydrogen-bond acceptors (Lipinski definition) is 5. The molecule has 0 bridgehead atoms. The van der Waals surface area contributed by atoms with E-state index in [1.54, 1.807) is 60.7 Å². The van der Waals surface area contributed by atoms with Gasteiger partial charge in [-0.3, -0.25) is 19.3 Å². The Morgan fingerprint density at radius 3 is 2.59 bits per heavy atom. The molecular formula is C26H21BrN2O5. The van der Waals surface area contributed by atoms with Crippen LogP contribution in [0.15, 0.2) is 71.2 Å². The van der Waals surface area contributed by atoms with Crippen LogP contribution in [0.3, 0.4) is 0 Å². The Hall–Kier alpha value is -3.49. The Labute approximate surface area is 204 Å². The lowest BCUT2D eigenvalue weighted by atomic mass is 10.1. The van der Waals surface area contributed by atoms with E-state index in [-0.39, 0.29) is 30.4 Å². The molecule has 172 valence electrons. The summed E-state index contributed by atoms with van der Waals surface area (Å²) < 4.78 is 12.3. The van der Waals surface area contributed by atoms with E-state index < -0.39 is 0 Å². The van der Waals surface area contributed by atoms with Gasteiger partial charge in [-0.2, -0.15) is 0 Å². The first-order valence-electron chi connectivity index (χ1n) is 10.9. The predicted molar refractivity (Wildman–Crippen MR) is 129 cm³/mol. The van der Waals surface area contributed by atoms with Gasteiger partial charge in [0.25, 0.3) is 17.7 Å². The van der Waals surface area contributed by atoms with Gasteiger partial charge in [-0.25, -0.2) is 0 Å². The van der Waals surface area contributed by atoms with Gasteiger partial charge in [0.05, 0.1) is 23.8 Å². The number of imide groups is 1. The van der Waals surface area contributed by atoms with E-state index in [0.29, 0.717) is 40.5 Å². The second kappa shape index (κ2) is 9.40. The Morgan fingerprint density at radius 1 is 1.00 bits per heavy atom. The minimum Gasteiger partial charge on any atom is -0.457 e. The van der Waals surface area contributed by atoms with E-state index in [0.717, 1.165) is 17.3 Å². The number of hydrogen-bond donors (Lipinski definition) is 1. The van der Waals surface area contributed by atoms with Gasteiger partial charge in [0, 0.05) is 28.4 Å². The van der Waals surface area contributed by atoms with Crippen molar-refractivity contribution >= 4 is 39.3 Å². The lowest BCUT2D eigenvalue weighted by molar-refractivity contribution is 0.0475. The summed E-state index contributed by atoms with van der Waals surface area (Å²) in [5.41, 5.74) is 1.78. The fourth-order valence-electron chi connectivity index (χ4n) is 4.10. The SMILES string of the molecule is O=C(Nc1cccc(Oc2ccc3c(c2)C(=O)N(CC2CCCO2)C3=O)c1)c1cccc(Br)c1. The number of nitrogens with zero attached hydrogens (tertiary/aromatic N) is 1. The zero-order valence-electron chi connectivity index (χ0n) is 18.1. The van der Waals surface area contributed by atoms with Crippen molar-refractivity contribution in [2.75, 3.05) is 18.5 Å². The number of fused-ring (bicyclic) bond motifs is 1. The van der Waals surface area contributed by atoms with Crippen molar-refractivity contribution in [3.8, 4) is 11.5 Å². The van der Waals surface area contributed by atoms with Crippen molar-refractivity contribution < 1.29 is 23.9 Å². The van der Waals surface area contributed by atoms with E-state index in [4.69, 9.17) is 9.47 Å². The molecule has 0 saturated carbocycles. The van der Waals surface area contributed by atoms with E-state index in [2.05, 4.69) is 21.2 Å². The summed E-state index contributed by atoms with van der Waals surface area (Å²) in [4.78, 5) is 39.4. The molecule has 1 unspecified atom stereocenters. The molecule has 3 aromatic rings. The summed E-state index contributed by atoms with van der Waals surface area (Å²) in [5, 5.41) is 2.85. The van der Waals surface area contributed by atoms with Crippen LogP contribution in [0.1, 0.15) is 43.9 Å². The normalized spacial score (nSPS) is 17.1. The number of anilines is 1. The van der Waals surface area contributed by atoms with E-state index >= 15 is 0 Å². The van der Waals surface area contributed by atoms with Crippen LogP contribution in [-0.4, -0.2) is 41.9 Å². The zero-order chi connectivity index (χ0) is 23.7. The van der Waals surface area contributed by atoms with Gasteiger partial charge in [0.2, 0.25) is 0 Å². The van der Waals surface area contributed by atoms with Crippen LogP contribution < -0.4 is 10.1 Å². The molecule has 2 heterocycles. The van der Waals surface area contributed by atoms with Crippen LogP contribution in [0, 0.1) is 0 Å². The molecule has 1 N–H and O–H groups in total. The van der Waals surface area contributed by atoms with Crippen molar-refractivity contribution in [1.82, 2.24) is 4.90 Å². The molecule has 1 saturated heterocycles. The number of benzene rings is 3. The lowest BCUT2D eigenvalue weighted by Gasteiger charge is -2.17. The molecule has 1 fully saturated rings. The number of carbonyl (C=O) groups excluding carboxylic acids is 3. The second-order valence-corrected chi connectivity index (χ2v) is 9.07. The zero-order valence-corrected chi connectivity index (χ0v) is 19.7. The van der Waals surface area contributed by atoms with Crippen molar-refractivity contribution in [1.29, 1.82) is 0 Å². The number of rotatable bonds is 6. The maximum atomic E-state index is 12.9. The first-order valence-corrected chi connectivity index (χ1v) is 11.7. The molecule has 0 radical (unpaired) electrons. The van der Waals surface area contributed by atoms with Crippen molar-refractivity contribution in [3.05, 3.63) is 87.9 Å². The van der Waals surface area contributed by atoms with E-state index in [9.17, 15) is 14.4 Å². The summed E-state index contributed by atoms with van der Waals surface area (Å²) >= 11 is 3.36. The first kappa shape index (κ1) is 22.3. The monoisotopic (exact) mass is 520 g/mol. The quantitative estimate of drug-likeness (QED) is 0.447. The van der Waals surface area contributed by atoms with Crippen LogP contribution in [0.5, 0.6) is 11.5 Å². The highest BCUT2D eigenvalue weighted by atomic mass is 79.9. The van der Waals surface area contributed by atoms with E-state index in [1.165, 1.54) is 4.90 Å². The molecule has 34 heavy (non-hydrogen) atoms. The molecule has 1 atom stereocenters. The number of nitrogens with one attached hydrogen (secondary N) is 1. The molecule has 0 aliphatic carbocycles. The summed E-state index contributed by atoms with van der Waals surface area (Å²) in [6.07, 6.45) is 1.68. The van der Waals surface area contributed by atoms with Crippen LogP contribution in [0.2, 0.25) is 0 Å². The maximum Gasteiger partial charge on any atom is 0.261 e. The van der Waals surface area contributed by atoms with Gasteiger partial charge in [-0.15, -0.1) is 0 Å². The van der Waals surface area contributed by atoms with E-state index in [1.807, 2.05) is 6.07 Å². The van der Waals surface area contributed by atoms with Crippen LogP contribution in [-0.2, 0) is 4.74 Å². The van der Waals surface area contributed by atoms with Gasteiger partial charge >= 0.3 is 0 Å². The summed E-state index contributed by atoms with van der Waals surface area (Å²) in [6, 6.07) is 18.9. The van der Waals surface area contributed by atoms with Gasteiger partial charge in [0.1, 0.15) is 11.5 Å². The van der Waals surface area contributed by atoms with Crippen LogP contribution in [0.4, 0.5) is 5.69 Å². The highest BCUT2D eigenvalue weighted by Gasteiger charge is 2.37. The minimum absolute atomic E-state index is 0.104. The van der Waals surface area contributed by atoms with Crippen molar-refractivity contribution in [2.24, 2.45) is 0 Å². The fourth-order valence-corrected chi connectivity index (χ4v) is 4.50. The third-order valence-corrected chi connectivity index (χ3v) is 6.26. The number of carbonyl (C=O) groups is 3. The average Bonchev–Trinajstić information content (AvgIpc) is 3.42. The molecule has 8 heteroatoms. The van der Waals surface area contributed by atoms with Crippen LogP contribution >= 0.6 is 15.9 Å². The summed E-state index contributed by atoms with van der Waals surface area (Å²) in [7, 11) is 0. The van der Waals surface area contributed by atoms with Gasteiger partial charge in [0.15, 0.2) is 0 Å². The maximum absolute atomic E-state index is 12.9. The van der Waals surface area contributed by atoms with Gasteiger partial charge in [-0.05, 0) is 61.4 Å². The minimum atomic E-state index is -0.337. The third kappa shape index (κ3) is 4.60. The largest absolute Gasteiger partial charge is 0.457 e. The third-order valence-electron chi connectivity index (χ3n) is 5.77. The molecule has 2 aliphatic heterocycles. The molecule has 5 rings (SSSR count). The average molecular weight is 521 g/mol. The Balaban J connectivity index is 1.30. The predicted octanol–water partition coefficient (Wildman–Crippen LogP) is 5.27. The molecule has 2 aliphatic rings. The Morgan fingerprint density at radius 2 is 1.79 bits per heavy atom. The molecule has 0 spiro atoms. The molecular weight excluding hydrogens is 500 g/mol. The summed E-state index contributed by atoms with van der Waals surface area (Å²) in [6.45, 7) is 0.927. The van der Waals surface area contributed by atoms with Crippen LogP contribution in [0.25, 0.3) is 0 Å². The second-order valence-electron chi connectivity index (χ2n) is 8.16. The highest BCUT2D eigenvalue weighted by molar-refractivity contribution is 9.10. The first-order chi connectivity index (χ1) is 16.5. The smallest absolute Gasteiger partial charge is 0.261 e.